The van der Waals surface area contributed by atoms with Crippen LogP contribution in [0.25, 0.3) is 0 Å². The van der Waals surface area contributed by atoms with Crippen molar-refractivity contribution in [3.05, 3.63) is 33.9 Å². The van der Waals surface area contributed by atoms with Crippen molar-refractivity contribution in [3.63, 3.8) is 0 Å². The lowest BCUT2D eigenvalue weighted by atomic mass is 9.90. The molecule has 2 nitrogen and oxygen atoms in total. The molecule has 0 amide bonds. The molecule has 1 N–H and O–H groups in total. The zero-order chi connectivity index (χ0) is 15.1. The molecule has 0 atom stereocenters. The third kappa shape index (κ3) is 4.36. The highest BCUT2D eigenvalue weighted by atomic mass is 16.4. The highest BCUT2D eigenvalue weighted by Gasteiger charge is 2.15. The van der Waals surface area contributed by atoms with Crippen LogP contribution in [0.3, 0.4) is 0 Å². The molecular weight excluding hydrogens is 248 g/mol. The van der Waals surface area contributed by atoms with Crippen LogP contribution in [-0.2, 0) is 6.42 Å². The van der Waals surface area contributed by atoms with Gasteiger partial charge < -0.3 is 5.11 Å². The first-order valence-corrected chi connectivity index (χ1v) is 7.82. The Labute approximate surface area is 123 Å². The molecular formula is C18H28O2. The van der Waals surface area contributed by atoms with Crippen molar-refractivity contribution in [2.24, 2.45) is 0 Å². The molecule has 1 aromatic rings. The summed E-state index contributed by atoms with van der Waals surface area (Å²) in [5, 5.41) is 9.33. The summed E-state index contributed by atoms with van der Waals surface area (Å²) in [7, 11) is 0. The van der Waals surface area contributed by atoms with Gasteiger partial charge in [-0.3, -0.25) is 0 Å². The van der Waals surface area contributed by atoms with Crippen LogP contribution in [-0.4, -0.2) is 11.1 Å². The summed E-state index contributed by atoms with van der Waals surface area (Å²) in [4.78, 5) is 11.4. The van der Waals surface area contributed by atoms with E-state index in [-0.39, 0.29) is 0 Å². The molecule has 0 spiro atoms. The van der Waals surface area contributed by atoms with Crippen molar-refractivity contribution in [3.8, 4) is 0 Å². The number of unbranched alkanes of at least 4 members (excludes halogenated alkanes) is 5. The van der Waals surface area contributed by atoms with Crippen LogP contribution >= 0.6 is 0 Å². The van der Waals surface area contributed by atoms with Crippen LogP contribution in [0.5, 0.6) is 0 Å². The maximum atomic E-state index is 11.4. The highest BCUT2D eigenvalue weighted by molar-refractivity contribution is 5.91. The van der Waals surface area contributed by atoms with E-state index in [1.54, 1.807) is 0 Å². The minimum atomic E-state index is -0.802. The lowest BCUT2D eigenvalue weighted by Gasteiger charge is -2.15. The maximum Gasteiger partial charge on any atom is 0.336 e. The van der Waals surface area contributed by atoms with Gasteiger partial charge in [-0.15, -0.1) is 0 Å². The van der Waals surface area contributed by atoms with E-state index in [2.05, 4.69) is 13.8 Å². The molecule has 20 heavy (non-hydrogen) atoms. The molecule has 0 fully saturated rings. The van der Waals surface area contributed by atoms with Gasteiger partial charge in [0, 0.05) is 0 Å². The molecule has 0 radical (unpaired) electrons. The number of benzene rings is 1. The van der Waals surface area contributed by atoms with Crippen molar-refractivity contribution in [2.75, 3.05) is 0 Å². The van der Waals surface area contributed by atoms with Gasteiger partial charge in [0.05, 0.1) is 5.56 Å². The van der Waals surface area contributed by atoms with Crippen molar-refractivity contribution < 1.29 is 9.90 Å². The van der Waals surface area contributed by atoms with E-state index in [9.17, 15) is 9.90 Å². The number of aryl methyl sites for hydroxylation is 2. The molecule has 0 bridgehead atoms. The van der Waals surface area contributed by atoms with Crippen LogP contribution in [0.15, 0.2) is 6.07 Å². The van der Waals surface area contributed by atoms with Crippen LogP contribution in [0.4, 0.5) is 0 Å². The number of aromatic carboxylic acids is 1. The van der Waals surface area contributed by atoms with E-state index in [4.69, 9.17) is 0 Å². The minimum Gasteiger partial charge on any atom is -0.478 e. The fourth-order valence-corrected chi connectivity index (χ4v) is 3.02. The molecule has 0 unspecified atom stereocenters. The van der Waals surface area contributed by atoms with E-state index < -0.39 is 5.97 Å². The summed E-state index contributed by atoms with van der Waals surface area (Å²) in [6.07, 6.45) is 8.63. The summed E-state index contributed by atoms with van der Waals surface area (Å²) in [5.41, 5.74) is 4.81. The van der Waals surface area contributed by atoms with Crippen LogP contribution in [0.2, 0.25) is 0 Å². The van der Waals surface area contributed by atoms with Crippen LogP contribution in [0, 0.1) is 20.8 Å². The molecule has 1 rings (SSSR count). The van der Waals surface area contributed by atoms with Crippen LogP contribution < -0.4 is 0 Å². The number of rotatable bonds is 8. The number of carboxylic acids is 1. The molecule has 1 aromatic carbocycles. The Kier molecular flexibility index (Phi) is 6.77. The maximum absolute atomic E-state index is 11.4. The number of hydrogen-bond donors (Lipinski definition) is 1. The Morgan fingerprint density at radius 1 is 1.00 bits per heavy atom. The van der Waals surface area contributed by atoms with Gasteiger partial charge in [-0.25, -0.2) is 4.79 Å². The predicted octanol–water partition coefficient (Wildman–Crippen LogP) is 5.21. The third-order valence-corrected chi connectivity index (χ3v) is 4.13. The van der Waals surface area contributed by atoms with Gasteiger partial charge in [-0.05, 0) is 55.9 Å². The summed E-state index contributed by atoms with van der Waals surface area (Å²) < 4.78 is 0. The highest BCUT2D eigenvalue weighted by Crippen LogP contribution is 2.24. The predicted molar refractivity (Wildman–Crippen MR) is 84.7 cm³/mol. The summed E-state index contributed by atoms with van der Waals surface area (Å²) >= 11 is 0. The first-order valence-electron chi connectivity index (χ1n) is 7.82. The normalized spacial score (nSPS) is 10.8. The van der Waals surface area contributed by atoms with E-state index in [1.807, 2.05) is 19.9 Å². The van der Waals surface area contributed by atoms with Crippen molar-refractivity contribution in [1.82, 2.24) is 0 Å². The van der Waals surface area contributed by atoms with Gasteiger partial charge >= 0.3 is 5.97 Å². The Bertz CT molecular complexity index is 461. The average molecular weight is 276 g/mol. The second-order valence-electron chi connectivity index (χ2n) is 5.81. The molecule has 0 aliphatic heterocycles. The number of carbonyl (C=O) groups is 1. The van der Waals surface area contributed by atoms with E-state index in [1.165, 1.54) is 43.2 Å². The smallest absolute Gasteiger partial charge is 0.336 e. The first-order chi connectivity index (χ1) is 9.49. The van der Waals surface area contributed by atoms with Gasteiger partial charge in [0.15, 0.2) is 0 Å². The SMILES string of the molecule is CCCCCCCCc1c(C)cc(C)c(C(=O)O)c1C. The Morgan fingerprint density at radius 2 is 1.60 bits per heavy atom. The quantitative estimate of drug-likeness (QED) is 0.661. The lowest BCUT2D eigenvalue weighted by molar-refractivity contribution is 0.0695. The fraction of sp³-hybridized carbons (Fsp3) is 0.611. The van der Waals surface area contributed by atoms with E-state index in [0.717, 1.165) is 24.0 Å². The molecule has 0 aliphatic carbocycles. The standard InChI is InChI=1S/C18H28O2/c1-5-6-7-8-9-10-11-16-13(2)12-14(3)17(15(16)4)18(19)20/h12H,5-11H2,1-4H3,(H,19,20). The average Bonchev–Trinajstić information content (AvgIpc) is 2.35. The topological polar surface area (TPSA) is 37.3 Å². The van der Waals surface area contributed by atoms with E-state index >= 15 is 0 Å². The van der Waals surface area contributed by atoms with Gasteiger partial charge in [-0.2, -0.15) is 0 Å². The summed E-state index contributed by atoms with van der Waals surface area (Å²) in [5.74, 6) is -0.802. The largest absolute Gasteiger partial charge is 0.478 e. The number of carboxylic acid groups (broad SMARTS) is 1. The van der Waals surface area contributed by atoms with Crippen LogP contribution in [0.1, 0.15) is 78.1 Å². The second-order valence-corrected chi connectivity index (χ2v) is 5.81. The van der Waals surface area contributed by atoms with Crippen molar-refractivity contribution >= 4 is 5.97 Å². The third-order valence-electron chi connectivity index (χ3n) is 4.13. The van der Waals surface area contributed by atoms with Gasteiger partial charge in [0.2, 0.25) is 0 Å². The summed E-state index contributed by atoms with van der Waals surface area (Å²) in [6, 6.07) is 2.02. The molecule has 0 saturated heterocycles. The molecule has 0 aliphatic rings. The van der Waals surface area contributed by atoms with Gasteiger partial charge in [0.1, 0.15) is 0 Å². The fourth-order valence-electron chi connectivity index (χ4n) is 3.02. The first kappa shape index (κ1) is 16.7. The van der Waals surface area contributed by atoms with E-state index in [0.29, 0.717) is 5.56 Å². The molecule has 112 valence electrons. The van der Waals surface area contributed by atoms with Crippen molar-refractivity contribution in [1.29, 1.82) is 0 Å². The second kappa shape index (κ2) is 8.08. The summed E-state index contributed by atoms with van der Waals surface area (Å²) in [6.45, 7) is 8.17. The van der Waals surface area contributed by atoms with Gasteiger partial charge in [-0.1, -0.05) is 45.1 Å². The Morgan fingerprint density at radius 3 is 2.20 bits per heavy atom. The zero-order valence-electron chi connectivity index (χ0n) is 13.4. The lowest BCUT2D eigenvalue weighted by Crippen LogP contribution is -2.07. The van der Waals surface area contributed by atoms with Crippen molar-refractivity contribution in [2.45, 2.75) is 72.6 Å². The molecule has 0 saturated carbocycles. The Balaban J connectivity index is 2.70. The minimum absolute atomic E-state index is 0.497. The molecule has 0 heterocycles. The monoisotopic (exact) mass is 276 g/mol. The number of hydrogen-bond acceptors (Lipinski definition) is 1. The Hall–Kier alpha value is -1.31. The molecule has 2 heteroatoms. The molecule has 0 aromatic heterocycles. The zero-order valence-corrected chi connectivity index (χ0v) is 13.4. The van der Waals surface area contributed by atoms with Gasteiger partial charge in [0.25, 0.3) is 0 Å².